The van der Waals surface area contributed by atoms with Gasteiger partial charge in [0.25, 0.3) is 0 Å². The van der Waals surface area contributed by atoms with Gasteiger partial charge in [-0.1, -0.05) is 41.9 Å². The predicted molar refractivity (Wildman–Crippen MR) is 84.2 cm³/mol. The van der Waals surface area contributed by atoms with E-state index < -0.39 is 0 Å². The summed E-state index contributed by atoms with van der Waals surface area (Å²) in [5.74, 6) is 0. The van der Waals surface area contributed by atoms with Crippen LogP contribution in [0.4, 0.5) is 0 Å². The molecule has 0 atom stereocenters. The van der Waals surface area contributed by atoms with Gasteiger partial charge in [-0.2, -0.15) is 0 Å². The molecule has 0 unspecified atom stereocenters. The van der Waals surface area contributed by atoms with Crippen molar-refractivity contribution >= 4 is 30.5 Å². The number of nitrogens with zero attached hydrogens (tertiary/aromatic N) is 2. The first-order valence-corrected chi connectivity index (χ1v) is 6.79. The molecule has 0 N–H and O–H groups in total. The van der Waals surface area contributed by atoms with Crippen LogP contribution in [0, 0.1) is 6.92 Å². The van der Waals surface area contributed by atoms with Crippen molar-refractivity contribution in [2.45, 2.75) is 13.2 Å². The Morgan fingerprint density at radius 3 is 2.60 bits per heavy atom. The van der Waals surface area contributed by atoms with Crippen molar-refractivity contribution in [1.82, 2.24) is 9.97 Å². The molecule has 96 valence electrons. The van der Waals surface area contributed by atoms with Crippen LogP contribution in [-0.2, 0) is 6.32 Å². The van der Waals surface area contributed by atoms with Crippen molar-refractivity contribution in [3.05, 3.63) is 58.7 Å². The second-order valence-electron chi connectivity index (χ2n) is 4.65. The Balaban J connectivity index is 2.34. The van der Waals surface area contributed by atoms with Gasteiger partial charge in [0.1, 0.15) is 0 Å². The lowest BCUT2D eigenvalue weighted by Crippen LogP contribution is -2.00. The van der Waals surface area contributed by atoms with E-state index in [2.05, 4.69) is 4.98 Å². The molecular weight excluding hydrogens is 266 g/mol. The van der Waals surface area contributed by atoms with Gasteiger partial charge in [-0.25, -0.2) is 9.97 Å². The fourth-order valence-electron chi connectivity index (χ4n) is 2.27. The van der Waals surface area contributed by atoms with Gasteiger partial charge in [0.05, 0.1) is 35.3 Å². The molecule has 1 aromatic heterocycles. The monoisotopic (exact) mass is 278 g/mol. The molecular formula is C16H12BClN2. The summed E-state index contributed by atoms with van der Waals surface area (Å²) in [5, 5.41) is 0.657. The summed E-state index contributed by atoms with van der Waals surface area (Å²) in [6, 6.07) is 13.6. The molecule has 1 heterocycles. The van der Waals surface area contributed by atoms with Crippen molar-refractivity contribution < 1.29 is 0 Å². The molecule has 20 heavy (non-hydrogen) atoms. The first-order chi connectivity index (χ1) is 9.70. The number of aromatic nitrogens is 2. The number of fused-ring (bicyclic) bond motifs is 1. The number of halogens is 1. The number of hydrogen-bond acceptors (Lipinski definition) is 2. The lowest BCUT2D eigenvalue weighted by Gasteiger charge is -2.11. The molecule has 3 rings (SSSR count). The van der Waals surface area contributed by atoms with Gasteiger partial charge in [-0.15, -0.1) is 0 Å². The molecule has 4 heteroatoms. The van der Waals surface area contributed by atoms with E-state index in [1.165, 1.54) is 0 Å². The highest BCUT2D eigenvalue weighted by Crippen LogP contribution is 2.30. The second kappa shape index (κ2) is 5.26. The molecule has 3 aromatic rings. The van der Waals surface area contributed by atoms with Gasteiger partial charge in [0.15, 0.2) is 0 Å². The standard InChI is InChI=1S/C16H12BClN2/c1-10-5-4-8-13-15(10)20-16(14(9-17)19-13)11-6-2-3-7-12(11)18/h2-8H,9H2,1H3. The lowest BCUT2D eigenvalue weighted by atomic mass is 9.97. The topological polar surface area (TPSA) is 25.8 Å². The molecule has 0 spiro atoms. The van der Waals surface area contributed by atoms with E-state index in [1.54, 1.807) is 0 Å². The third-order valence-electron chi connectivity index (χ3n) is 3.29. The molecule has 0 bridgehead atoms. The van der Waals surface area contributed by atoms with Crippen LogP contribution in [-0.4, -0.2) is 17.8 Å². The molecule has 0 aliphatic heterocycles. The van der Waals surface area contributed by atoms with Crippen molar-refractivity contribution in [2.75, 3.05) is 0 Å². The predicted octanol–water partition coefficient (Wildman–Crippen LogP) is 3.93. The minimum atomic E-state index is 0.331. The Labute approximate surface area is 124 Å². The van der Waals surface area contributed by atoms with E-state index in [9.17, 15) is 0 Å². The minimum Gasteiger partial charge on any atom is -0.250 e. The molecule has 0 saturated heterocycles. The van der Waals surface area contributed by atoms with E-state index in [0.29, 0.717) is 11.3 Å². The Hall–Kier alpha value is -1.87. The number of aryl methyl sites for hydroxylation is 1. The highest BCUT2D eigenvalue weighted by molar-refractivity contribution is 6.33. The zero-order valence-electron chi connectivity index (χ0n) is 11.1. The normalized spacial score (nSPS) is 10.9. The van der Waals surface area contributed by atoms with E-state index >= 15 is 0 Å². The Kier molecular flexibility index (Phi) is 3.45. The number of para-hydroxylation sites is 1. The Morgan fingerprint density at radius 2 is 1.85 bits per heavy atom. The molecule has 2 aromatic carbocycles. The van der Waals surface area contributed by atoms with Crippen LogP contribution in [0.3, 0.4) is 0 Å². The molecule has 2 radical (unpaired) electrons. The Morgan fingerprint density at radius 1 is 1.05 bits per heavy atom. The minimum absolute atomic E-state index is 0.331. The summed E-state index contributed by atoms with van der Waals surface area (Å²) in [6.07, 6.45) is 0.331. The molecule has 2 nitrogen and oxygen atoms in total. The van der Waals surface area contributed by atoms with Crippen LogP contribution >= 0.6 is 11.6 Å². The summed E-state index contributed by atoms with van der Waals surface area (Å²) < 4.78 is 0. The van der Waals surface area contributed by atoms with Gasteiger partial charge >= 0.3 is 0 Å². The fourth-order valence-corrected chi connectivity index (χ4v) is 2.49. The molecule has 0 saturated carbocycles. The van der Waals surface area contributed by atoms with Gasteiger partial charge in [0, 0.05) is 5.56 Å². The molecule has 0 fully saturated rings. The van der Waals surface area contributed by atoms with Crippen LogP contribution in [0.1, 0.15) is 11.3 Å². The van der Waals surface area contributed by atoms with Crippen molar-refractivity contribution in [2.24, 2.45) is 0 Å². The van der Waals surface area contributed by atoms with Crippen LogP contribution < -0.4 is 0 Å². The summed E-state index contributed by atoms with van der Waals surface area (Å²) in [6.45, 7) is 2.02. The van der Waals surface area contributed by atoms with Crippen LogP contribution in [0.15, 0.2) is 42.5 Å². The van der Waals surface area contributed by atoms with E-state index in [0.717, 1.165) is 33.5 Å². The van der Waals surface area contributed by atoms with Gasteiger partial charge in [0.2, 0.25) is 0 Å². The summed E-state index contributed by atoms with van der Waals surface area (Å²) in [4.78, 5) is 9.38. The summed E-state index contributed by atoms with van der Waals surface area (Å²) in [5.41, 5.74) is 5.23. The van der Waals surface area contributed by atoms with Crippen LogP contribution in [0.25, 0.3) is 22.3 Å². The quantitative estimate of drug-likeness (QED) is 0.664. The highest BCUT2D eigenvalue weighted by Gasteiger charge is 2.12. The zero-order chi connectivity index (χ0) is 14.1. The molecule has 0 aliphatic carbocycles. The summed E-state index contributed by atoms with van der Waals surface area (Å²) in [7, 11) is 5.82. The average Bonchev–Trinajstić information content (AvgIpc) is 2.47. The second-order valence-corrected chi connectivity index (χ2v) is 5.05. The van der Waals surface area contributed by atoms with Crippen molar-refractivity contribution in [1.29, 1.82) is 0 Å². The Bertz CT molecular complexity index is 787. The summed E-state index contributed by atoms with van der Waals surface area (Å²) >= 11 is 6.27. The average molecular weight is 279 g/mol. The first kappa shape index (κ1) is 13.1. The fraction of sp³-hybridized carbons (Fsp3) is 0.125. The SMILES string of the molecule is [B]Cc1nc2cccc(C)c2nc1-c1ccccc1Cl. The van der Waals surface area contributed by atoms with Gasteiger partial charge in [-0.05, 0) is 30.9 Å². The van der Waals surface area contributed by atoms with Gasteiger partial charge < -0.3 is 0 Å². The maximum absolute atomic E-state index is 6.27. The van der Waals surface area contributed by atoms with Crippen LogP contribution in [0.2, 0.25) is 5.02 Å². The largest absolute Gasteiger partial charge is 0.250 e. The van der Waals surface area contributed by atoms with Crippen molar-refractivity contribution in [3.8, 4) is 11.3 Å². The molecule has 0 aliphatic rings. The zero-order valence-corrected chi connectivity index (χ0v) is 11.9. The third-order valence-corrected chi connectivity index (χ3v) is 3.62. The maximum atomic E-state index is 6.27. The van der Waals surface area contributed by atoms with Gasteiger partial charge in [-0.3, -0.25) is 0 Å². The smallest absolute Gasteiger partial charge is 0.0932 e. The highest BCUT2D eigenvalue weighted by atomic mass is 35.5. The van der Waals surface area contributed by atoms with E-state index in [-0.39, 0.29) is 0 Å². The van der Waals surface area contributed by atoms with Crippen molar-refractivity contribution in [3.63, 3.8) is 0 Å². The number of hydrogen-bond donors (Lipinski definition) is 0. The number of benzene rings is 2. The molecule has 0 amide bonds. The maximum Gasteiger partial charge on any atom is 0.0932 e. The van der Waals surface area contributed by atoms with E-state index in [1.807, 2.05) is 49.4 Å². The van der Waals surface area contributed by atoms with E-state index in [4.69, 9.17) is 24.4 Å². The first-order valence-electron chi connectivity index (χ1n) is 6.42. The number of rotatable bonds is 2. The lowest BCUT2D eigenvalue weighted by molar-refractivity contribution is 1.15. The third kappa shape index (κ3) is 2.18. The van der Waals surface area contributed by atoms with Crippen LogP contribution in [0.5, 0.6) is 0 Å².